The Morgan fingerprint density at radius 3 is 2.74 bits per heavy atom. The molecule has 0 saturated heterocycles. The normalized spacial score (nSPS) is 12.9. The van der Waals surface area contributed by atoms with Gasteiger partial charge in [-0.15, -0.1) is 0 Å². The first kappa shape index (κ1) is 20.9. The molecule has 2 N–H and O–H groups in total. The van der Waals surface area contributed by atoms with E-state index < -0.39 is 0 Å². The van der Waals surface area contributed by atoms with Gasteiger partial charge in [-0.3, -0.25) is 14.4 Å². The molecule has 1 aromatic carbocycles. The fourth-order valence-corrected chi connectivity index (χ4v) is 2.98. The number of esters is 1. The number of carbonyl (C=O) groups excluding carboxylic acids is 3. The van der Waals surface area contributed by atoms with E-state index in [1.807, 2.05) is 6.07 Å². The number of hydrogen-bond donors (Lipinski definition) is 2. The molecule has 148 valence electrons. The van der Waals surface area contributed by atoms with Crippen molar-refractivity contribution in [3.05, 3.63) is 29.3 Å². The van der Waals surface area contributed by atoms with Crippen LogP contribution in [0.25, 0.3) is 0 Å². The van der Waals surface area contributed by atoms with Crippen LogP contribution < -0.4 is 10.6 Å². The minimum atomic E-state index is -0.111. The Labute approximate surface area is 161 Å². The molecule has 6 nitrogen and oxygen atoms in total. The maximum atomic E-state index is 12.2. The highest BCUT2D eigenvalue weighted by atomic mass is 16.5. The average molecular weight is 374 g/mol. The third-order valence-electron chi connectivity index (χ3n) is 4.62. The molecule has 0 fully saturated rings. The molecular formula is C21H30N2O4. The number of nitrogens with one attached hydrogen (secondary N) is 2. The molecular weight excluding hydrogens is 344 g/mol. The standard InChI is InChI=1S/C21H30N2O4/c1-2-3-14-27-20(25)8-6-4-5-7-13-22-21(26)17-9-11-18-16(15-17)10-12-19(24)23-18/h9,11,15H,2-8,10,12-14H2,1H3,(H,22,26)(H,23,24). The number of benzene rings is 1. The lowest BCUT2D eigenvalue weighted by Crippen LogP contribution is -2.25. The highest BCUT2D eigenvalue weighted by molar-refractivity contribution is 5.97. The molecule has 0 unspecified atom stereocenters. The number of hydrogen-bond acceptors (Lipinski definition) is 4. The van der Waals surface area contributed by atoms with Gasteiger partial charge < -0.3 is 15.4 Å². The van der Waals surface area contributed by atoms with Crippen LogP contribution in [0.5, 0.6) is 0 Å². The van der Waals surface area contributed by atoms with Crippen LogP contribution in [-0.2, 0) is 20.7 Å². The van der Waals surface area contributed by atoms with Crippen LogP contribution in [0.2, 0.25) is 0 Å². The summed E-state index contributed by atoms with van der Waals surface area (Å²) in [7, 11) is 0. The van der Waals surface area contributed by atoms with E-state index in [4.69, 9.17) is 4.74 Å². The highest BCUT2D eigenvalue weighted by Crippen LogP contribution is 2.23. The van der Waals surface area contributed by atoms with Gasteiger partial charge in [0, 0.05) is 30.6 Å². The SMILES string of the molecule is CCCCOC(=O)CCCCCCNC(=O)c1ccc2c(c1)CCC(=O)N2. The van der Waals surface area contributed by atoms with Crippen molar-refractivity contribution < 1.29 is 19.1 Å². The number of rotatable bonds is 11. The van der Waals surface area contributed by atoms with Crippen molar-refractivity contribution >= 4 is 23.5 Å². The first-order valence-electron chi connectivity index (χ1n) is 9.96. The lowest BCUT2D eigenvalue weighted by molar-refractivity contribution is -0.143. The number of unbranched alkanes of at least 4 members (excludes halogenated alkanes) is 4. The zero-order valence-corrected chi connectivity index (χ0v) is 16.1. The number of carbonyl (C=O) groups is 3. The lowest BCUT2D eigenvalue weighted by atomic mass is 10.00. The van der Waals surface area contributed by atoms with E-state index in [0.29, 0.717) is 38.0 Å². The molecule has 1 aromatic rings. The first-order chi connectivity index (χ1) is 13.1. The van der Waals surface area contributed by atoms with Crippen molar-refractivity contribution in [2.45, 2.75) is 64.7 Å². The number of amides is 2. The second kappa shape index (κ2) is 11.4. The van der Waals surface area contributed by atoms with Crippen molar-refractivity contribution in [3.8, 4) is 0 Å². The number of ether oxygens (including phenoxy) is 1. The summed E-state index contributed by atoms with van der Waals surface area (Å²) in [5.41, 5.74) is 2.43. The number of anilines is 1. The third kappa shape index (κ3) is 7.41. The molecule has 0 atom stereocenters. The second-order valence-corrected chi connectivity index (χ2v) is 6.91. The Balaban J connectivity index is 1.57. The fraction of sp³-hybridized carbons (Fsp3) is 0.571. The molecule has 27 heavy (non-hydrogen) atoms. The van der Waals surface area contributed by atoms with Crippen molar-refractivity contribution in [3.63, 3.8) is 0 Å². The Morgan fingerprint density at radius 2 is 1.93 bits per heavy atom. The summed E-state index contributed by atoms with van der Waals surface area (Å²) < 4.78 is 5.12. The Kier molecular flexibility index (Phi) is 8.81. The van der Waals surface area contributed by atoms with Gasteiger partial charge in [-0.25, -0.2) is 0 Å². The molecule has 1 heterocycles. The first-order valence-corrected chi connectivity index (χ1v) is 9.96. The largest absolute Gasteiger partial charge is 0.466 e. The quantitative estimate of drug-likeness (QED) is 0.458. The molecule has 1 aliphatic heterocycles. The molecule has 0 spiro atoms. The third-order valence-corrected chi connectivity index (χ3v) is 4.62. The van der Waals surface area contributed by atoms with Crippen molar-refractivity contribution in [1.82, 2.24) is 5.32 Å². The van der Waals surface area contributed by atoms with Gasteiger partial charge in [-0.2, -0.15) is 0 Å². The molecule has 1 aliphatic rings. The van der Waals surface area contributed by atoms with E-state index in [1.54, 1.807) is 12.1 Å². The van der Waals surface area contributed by atoms with Gasteiger partial charge in [-0.1, -0.05) is 26.2 Å². The Hall–Kier alpha value is -2.37. The fourth-order valence-electron chi connectivity index (χ4n) is 2.98. The van der Waals surface area contributed by atoms with E-state index in [0.717, 1.165) is 49.8 Å². The summed E-state index contributed by atoms with van der Waals surface area (Å²) in [5.74, 6) is -0.177. The summed E-state index contributed by atoms with van der Waals surface area (Å²) in [6.45, 7) is 3.21. The van der Waals surface area contributed by atoms with E-state index in [-0.39, 0.29) is 17.8 Å². The molecule has 2 amide bonds. The van der Waals surface area contributed by atoms with Gasteiger partial charge in [0.05, 0.1) is 6.61 Å². The minimum Gasteiger partial charge on any atom is -0.466 e. The average Bonchev–Trinajstić information content (AvgIpc) is 2.66. The summed E-state index contributed by atoms with van der Waals surface area (Å²) in [6, 6.07) is 5.39. The topological polar surface area (TPSA) is 84.5 Å². The maximum absolute atomic E-state index is 12.2. The van der Waals surface area contributed by atoms with Crippen LogP contribution in [0.1, 0.15) is 74.2 Å². The predicted molar refractivity (Wildman–Crippen MR) is 105 cm³/mol. The number of fused-ring (bicyclic) bond motifs is 1. The van der Waals surface area contributed by atoms with Gasteiger partial charge in [-0.05, 0) is 49.4 Å². The molecule has 0 saturated carbocycles. The summed E-state index contributed by atoms with van der Waals surface area (Å²) in [5, 5.41) is 5.75. The van der Waals surface area contributed by atoms with E-state index in [9.17, 15) is 14.4 Å². The van der Waals surface area contributed by atoms with Crippen molar-refractivity contribution in [1.29, 1.82) is 0 Å². The second-order valence-electron chi connectivity index (χ2n) is 6.91. The van der Waals surface area contributed by atoms with Gasteiger partial charge in [0.2, 0.25) is 5.91 Å². The summed E-state index contributed by atoms with van der Waals surface area (Å²) in [6.07, 6.45) is 7.20. The van der Waals surface area contributed by atoms with Crippen molar-refractivity contribution in [2.24, 2.45) is 0 Å². The van der Waals surface area contributed by atoms with Gasteiger partial charge in [0.1, 0.15) is 0 Å². The minimum absolute atomic E-state index is 0.0222. The molecule has 2 rings (SSSR count). The van der Waals surface area contributed by atoms with E-state index in [1.165, 1.54) is 0 Å². The van der Waals surface area contributed by atoms with Gasteiger partial charge in [0.25, 0.3) is 5.91 Å². The van der Waals surface area contributed by atoms with Crippen LogP contribution in [0.15, 0.2) is 18.2 Å². The molecule has 0 aromatic heterocycles. The Bertz CT molecular complexity index is 658. The molecule has 6 heteroatoms. The summed E-state index contributed by atoms with van der Waals surface area (Å²) >= 11 is 0. The number of aryl methyl sites for hydroxylation is 1. The van der Waals surface area contributed by atoms with E-state index >= 15 is 0 Å². The zero-order valence-electron chi connectivity index (χ0n) is 16.1. The summed E-state index contributed by atoms with van der Waals surface area (Å²) in [4.78, 5) is 35.1. The van der Waals surface area contributed by atoms with E-state index in [2.05, 4.69) is 17.6 Å². The van der Waals surface area contributed by atoms with Crippen LogP contribution in [0.4, 0.5) is 5.69 Å². The Morgan fingerprint density at radius 1 is 1.11 bits per heavy atom. The van der Waals surface area contributed by atoms with Gasteiger partial charge >= 0.3 is 5.97 Å². The lowest BCUT2D eigenvalue weighted by Gasteiger charge is -2.17. The van der Waals surface area contributed by atoms with Crippen LogP contribution in [0, 0.1) is 0 Å². The predicted octanol–water partition coefficient (Wildman–Crippen LogP) is 3.59. The zero-order chi connectivity index (χ0) is 19.5. The highest BCUT2D eigenvalue weighted by Gasteiger charge is 2.16. The smallest absolute Gasteiger partial charge is 0.305 e. The monoisotopic (exact) mass is 374 g/mol. The molecule has 0 aliphatic carbocycles. The molecule has 0 bridgehead atoms. The van der Waals surface area contributed by atoms with Crippen LogP contribution >= 0.6 is 0 Å². The van der Waals surface area contributed by atoms with Crippen LogP contribution in [-0.4, -0.2) is 30.9 Å². The molecule has 0 radical (unpaired) electrons. The van der Waals surface area contributed by atoms with Gasteiger partial charge in [0.15, 0.2) is 0 Å². The van der Waals surface area contributed by atoms with Crippen LogP contribution in [0.3, 0.4) is 0 Å². The maximum Gasteiger partial charge on any atom is 0.305 e. The van der Waals surface area contributed by atoms with Crippen molar-refractivity contribution in [2.75, 3.05) is 18.5 Å².